The molecule has 0 aliphatic rings. The van der Waals surface area contributed by atoms with E-state index in [-0.39, 0.29) is 11.7 Å². The Morgan fingerprint density at radius 1 is 1.03 bits per heavy atom. The first-order valence-corrected chi connectivity index (χ1v) is 10.6. The highest BCUT2D eigenvalue weighted by atomic mass is 32.2. The van der Waals surface area contributed by atoms with E-state index in [0.29, 0.717) is 41.9 Å². The molecule has 0 spiro atoms. The number of carbonyl (C=O) groups excluding carboxylic acids is 1. The lowest BCUT2D eigenvalue weighted by Crippen LogP contribution is -2.31. The van der Waals surface area contributed by atoms with Crippen molar-refractivity contribution in [3.63, 3.8) is 0 Å². The van der Waals surface area contributed by atoms with E-state index in [1.807, 2.05) is 53.1 Å². The van der Waals surface area contributed by atoms with Crippen LogP contribution in [0.1, 0.15) is 19.4 Å². The molecule has 8 heteroatoms. The number of halogens is 1. The lowest BCUT2D eigenvalue weighted by Gasteiger charge is -2.17. The smallest absolute Gasteiger partial charge is 0.237 e. The third kappa shape index (κ3) is 3.60. The van der Waals surface area contributed by atoms with Crippen LogP contribution in [0.15, 0.2) is 53.7 Å². The molecule has 4 rings (SSSR count). The van der Waals surface area contributed by atoms with Gasteiger partial charge in [0.05, 0.1) is 23.3 Å². The number of thioether (sulfide) groups is 1. The molecule has 0 aliphatic carbocycles. The Labute approximate surface area is 172 Å². The molecule has 4 aromatic rings. The Morgan fingerprint density at radius 3 is 2.45 bits per heavy atom. The average Bonchev–Trinajstić information content (AvgIpc) is 3.28. The van der Waals surface area contributed by atoms with E-state index in [1.54, 1.807) is 17.0 Å². The van der Waals surface area contributed by atoms with E-state index >= 15 is 0 Å². The highest BCUT2D eigenvalue weighted by molar-refractivity contribution is 7.99. The zero-order valence-corrected chi connectivity index (χ0v) is 17.2. The van der Waals surface area contributed by atoms with Crippen molar-refractivity contribution in [1.29, 1.82) is 0 Å². The fraction of sp³-hybridized carbons (Fsp3) is 0.286. The summed E-state index contributed by atoms with van der Waals surface area (Å²) < 4.78 is 18.1. The molecule has 29 heavy (non-hydrogen) atoms. The van der Waals surface area contributed by atoms with Gasteiger partial charge in [-0.15, -0.1) is 10.2 Å². The monoisotopic (exact) mass is 411 g/mol. The van der Waals surface area contributed by atoms with Gasteiger partial charge in [-0.3, -0.25) is 9.20 Å². The van der Waals surface area contributed by atoms with Crippen LogP contribution in [0, 0.1) is 5.82 Å². The van der Waals surface area contributed by atoms with Crippen LogP contribution in [-0.4, -0.2) is 48.8 Å². The van der Waals surface area contributed by atoms with Gasteiger partial charge in [-0.2, -0.15) is 0 Å². The summed E-state index contributed by atoms with van der Waals surface area (Å²) in [5, 5.41) is 9.31. The van der Waals surface area contributed by atoms with Gasteiger partial charge in [0.2, 0.25) is 11.7 Å². The summed E-state index contributed by atoms with van der Waals surface area (Å²) in [4.78, 5) is 14.2. The van der Waals surface area contributed by atoms with Crippen LogP contribution in [-0.2, 0) is 11.3 Å². The van der Waals surface area contributed by atoms with Crippen molar-refractivity contribution in [2.45, 2.75) is 25.5 Å². The van der Waals surface area contributed by atoms with Gasteiger partial charge < -0.3 is 9.47 Å². The molecular formula is C21H22FN5OS. The van der Waals surface area contributed by atoms with E-state index in [0.717, 1.165) is 11.0 Å². The first kappa shape index (κ1) is 19.4. The predicted octanol–water partition coefficient (Wildman–Crippen LogP) is 3.83. The number of hydrogen-bond donors (Lipinski definition) is 0. The molecule has 6 nitrogen and oxygen atoms in total. The van der Waals surface area contributed by atoms with Gasteiger partial charge in [0, 0.05) is 18.7 Å². The SMILES string of the molecule is CCN(CC)C(=O)CSc1nnc2n(Cc3ccccc3F)c3ccccc3n12. The van der Waals surface area contributed by atoms with Gasteiger partial charge >= 0.3 is 0 Å². The zero-order chi connectivity index (χ0) is 20.4. The Hall–Kier alpha value is -2.87. The number of hydrogen-bond acceptors (Lipinski definition) is 4. The quantitative estimate of drug-likeness (QED) is 0.434. The first-order chi connectivity index (χ1) is 14.1. The summed E-state index contributed by atoms with van der Waals surface area (Å²) in [6.07, 6.45) is 0. The molecule has 2 aromatic carbocycles. The van der Waals surface area contributed by atoms with Gasteiger partial charge in [-0.1, -0.05) is 42.1 Å². The highest BCUT2D eigenvalue weighted by Crippen LogP contribution is 2.27. The van der Waals surface area contributed by atoms with Crippen molar-refractivity contribution in [2.24, 2.45) is 0 Å². The van der Waals surface area contributed by atoms with E-state index in [1.165, 1.54) is 17.8 Å². The standard InChI is InChI=1S/C21H22FN5OS/c1-3-25(4-2)19(28)14-29-21-24-23-20-26(13-15-9-5-6-10-16(15)22)17-11-7-8-12-18(17)27(20)21/h5-12H,3-4,13-14H2,1-2H3. The second-order valence-corrected chi connectivity index (χ2v) is 7.58. The number of benzene rings is 2. The number of para-hydroxylation sites is 2. The summed E-state index contributed by atoms with van der Waals surface area (Å²) in [5.74, 6) is 0.761. The fourth-order valence-electron chi connectivity index (χ4n) is 3.48. The fourth-order valence-corrected chi connectivity index (χ4v) is 4.32. The van der Waals surface area contributed by atoms with Crippen molar-refractivity contribution in [1.82, 2.24) is 24.1 Å². The maximum atomic E-state index is 14.2. The minimum absolute atomic E-state index is 0.0758. The van der Waals surface area contributed by atoms with Gasteiger partial charge in [-0.25, -0.2) is 4.39 Å². The van der Waals surface area contributed by atoms with Crippen LogP contribution in [0.5, 0.6) is 0 Å². The molecule has 0 atom stereocenters. The molecule has 2 heterocycles. The Bertz CT molecular complexity index is 1160. The number of aromatic nitrogens is 4. The zero-order valence-electron chi connectivity index (χ0n) is 16.4. The number of amides is 1. The molecule has 0 N–H and O–H groups in total. The number of fused-ring (bicyclic) bond motifs is 3. The molecule has 0 bridgehead atoms. The van der Waals surface area contributed by atoms with Crippen LogP contribution < -0.4 is 0 Å². The lowest BCUT2D eigenvalue weighted by atomic mass is 10.2. The topological polar surface area (TPSA) is 55.4 Å². The third-order valence-corrected chi connectivity index (χ3v) is 5.91. The van der Waals surface area contributed by atoms with Crippen molar-refractivity contribution in [2.75, 3.05) is 18.8 Å². The molecule has 1 amide bonds. The maximum absolute atomic E-state index is 14.2. The minimum Gasteiger partial charge on any atom is -0.343 e. The second-order valence-electron chi connectivity index (χ2n) is 6.64. The second kappa shape index (κ2) is 8.24. The van der Waals surface area contributed by atoms with E-state index in [4.69, 9.17) is 0 Å². The molecule has 0 radical (unpaired) electrons. The van der Waals surface area contributed by atoms with Crippen LogP contribution in [0.2, 0.25) is 0 Å². The third-order valence-electron chi connectivity index (χ3n) is 5.00. The molecule has 150 valence electrons. The van der Waals surface area contributed by atoms with Crippen LogP contribution in [0.3, 0.4) is 0 Å². The van der Waals surface area contributed by atoms with E-state index in [9.17, 15) is 9.18 Å². The molecule has 0 saturated heterocycles. The van der Waals surface area contributed by atoms with E-state index < -0.39 is 0 Å². The molecule has 0 saturated carbocycles. The number of rotatable bonds is 7. The van der Waals surface area contributed by atoms with Crippen molar-refractivity contribution >= 4 is 34.5 Å². The molecular weight excluding hydrogens is 389 g/mol. The Kier molecular flexibility index (Phi) is 5.53. The molecule has 2 aromatic heterocycles. The van der Waals surface area contributed by atoms with Gasteiger partial charge in [0.1, 0.15) is 5.82 Å². The maximum Gasteiger partial charge on any atom is 0.237 e. The van der Waals surface area contributed by atoms with Crippen LogP contribution in [0.25, 0.3) is 16.8 Å². The van der Waals surface area contributed by atoms with Gasteiger partial charge in [0.25, 0.3) is 0 Å². The number of imidazole rings is 1. The summed E-state index contributed by atoms with van der Waals surface area (Å²) in [7, 11) is 0. The summed E-state index contributed by atoms with van der Waals surface area (Å²) in [6.45, 7) is 5.67. The van der Waals surface area contributed by atoms with Crippen LogP contribution in [0.4, 0.5) is 4.39 Å². The molecule has 0 aliphatic heterocycles. The minimum atomic E-state index is -0.248. The Balaban J connectivity index is 1.73. The number of carbonyl (C=O) groups is 1. The van der Waals surface area contributed by atoms with E-state index in [2.05, 4.69) is 10.2 Å². The predicted molar refractivity (Wildman–Crippen MR) is 113 cm³/mol. The normalized spacial score (nSPS) is 11.4. The largest absolute Gasteiger partial charge is 0.343 e. The van der Waals surface area contributed by atoms with Crippen LogP contribution >= 0.6 is 11.8 Å². The molecule has 0 unspecified atom stereocenters. The summed E-state index contributed by atoms with van der Waals surface area (Å²) in [6, 6.07) is 14.6. The first-order valence-electron chi connectivity index (χ1n) is 9.60. The Morgan fingerprint density at radius 2 is 1.72 bits per heavy atom. The highest BCUT2D eigenvalue weighted by Gasteiger charge is 2.19. The molecule has 0 fully saturated rings. The van der Waals surface area contributed by atoms with Crippen molar-refractivity contribution in [3.8, 4) is 0 Å². The average molecular weight is 412 g/mol. The van der Waals surface area contributed by atoms with Crippen molar-refractivity contribution in [3.05, 3.63) is 59.9 Å². The van der Waals surface area contributed by atoms with Gasteiger partial charge in [-0.05, 0) is 32.0 Å². The summed E-state index contributed by atoms with van der Waals surface area (Å²) >= 11 is 1.37. The number of nitrogens with zero attached hydrogens (tertiary/aromatic N) is 5. The lowest BCUT2D eigenvalue weighted by molar-refractivity contribution is -0.127. The summed E-state index contributed by atoms with van der Waals surface area (Å²) in [5.41, 5.74) is 2.46. The van der Waals surface area contributed by atoms with Crippen molar-refractivity contribution < 1.29 is 9.18 Å². The van der Waals surface area contributed by atoms with Gasteiger partial charge in [0.15, 0.2) is 5.16 Å².